The highest BCUT2D eigenvalue weighted by Crippen LogP contribution is 2.35. The molecule has 0 aliphatic heterocycles. The van der Waals surface area contributed by atoms with Crippen molar-refractivity contribution in [2.75, 3.05) is 5.32 Å². The van der Waals surface area contributed by atoms with E-state index in [4.69, 9.17) is 0 Å². The minimum atomic E-state index is 0.663. The van der Waals surface area contributed by atoms with E-state index in [0.717, 1.165) is 62.2 Å². The van der Waals surface area contributed by atoms with Crippen LogP contribution in [0, 0.1) is 0 Å². The van der Waals surface area contributed by atoms with Gasteiger partial charge in [-0.2, -0.15) is 5.10 Å². The van der Waals surface area contributed by atoms with Gasteiger partial charge in [-0.3, -0.25) is 15.1 Å². The zero-order valence-electron chi connectivity index (χ0n) is 18.5. The molecule has 6 aromatic rings. The highest BCUT2D eigenvalue weighted by Gasteiger charge is 2.15. The van der Waals surface area contributed by atoms with E-state index in [1.807, 2.05) is 24.8 Å². The van der Waals surface area contributed by atoms with Gasteiger partial charge in [-0.15, -0.1) is 11.3 Å². The van der Waals surface area contributed by atoms with Crippen LogP contribution in [0.1, 0.15) is 13.3 Å². The van der Waals surface area contributed by atoms with Gasteiger partial charge in [0.1, 0.15) is 0 Å². The maximum Gasteiger partial charge on any atom is 0.181 e. The highest BCUT2D eigenvalue weighted by atomic mass is 32.1. The molecule has 166 valence electrons. The van der Waals surface area contributed by atoms with Crippen molar-refractivity contribution >= 4 is 39.0 Å². The first-order valence-corrected chi connectivity index (χ1v) is 11.8. The molecule has 34 heavy (non-hydrogen) atoms. The summed E-state index contributed by atoms with van der Waals surface area (Å²) in [4.78, 5) is 18.1. The monoisotopic (exact) mass is 463 g/mol. The van der Waals surface area contributed by atoms with E-state index < -0.39 is 0 Å². The van der Waals surface area contributed by atoms with Crippen LogP contribution in [0.5, 0.6) is 0 Å². The van der Waals surface area contributed by atoms with E-state index in [9.17, 15) is 0 Å². The summed E-state index contributed by atoms with van der Waals surface area (Å²) in [5.74, 6) is 0. The summed E-state index contributed by atoms with van der Waals surface area (Å²) in [7, 11) is 0. The van der Waals surface area contributed by atoms with Gasteiger partial charge in [-0.25, -0.2) is 4.98 Å². The minimum Gasteiger partial charge on any atom is -0.358 e. The van der Waals surface area contributed by atoms with Gasteiger partial charge in [0, 0.05) is 56.6 Å². The molecule has 0 amide bonds. The molecule has 6 aromatic heterocycles. The molecule has 8 heteroatoms. The smallest absolute Gasteiger partial charge is 0.181 e. The quantitative estimate of drug-likeness (QED) is 0.258. The third-order valence-electron chi connectivity index (χ3n) is 5.83. The number of rotatable bonds is 6. The third-order valence-corrected chi connectivity index (χ3v) is 6.73. The summed E-state index contributed by atoms with van der Waals surface area (Å²) in [6.07, 6.45) is 10.1. The number of nitrogens with zero attached hydrogens (tertiary/aromatic N) is 4. The summed E-state index contributed by atoms with van der Waals surface area (Å²) >= 11 is 1.71. The van der Waals surface area contributed by atoms with Crippen molar-refractivity contribution in [3.05, 3.63) is 79.0 Å². The van der Waals surface area contributed by atoms with Crippen molar-refractivity contribution in [2.24, 2.45) is 0 Å². The van der Waals surface area contributed by atoms with Crippen LogP contribution >= 0.6 is 11.3 Å². The lowest BCUT2D eigenvalue weighted by atomic mass is 10.1. The lowest BCUT2D eigenvalue weighted by Crippen LogP contribution is -1.97. The van der Waals surface area contributed by atoms with Crippen molar-refractivity contribution in [3.63, 3.8) is 0 Å². The molecule has 0 atom stereocenters. The first kappa shape index (κ1) is 20.3. The molecule has 0 fully saturated rings. The Morgan fingerprint density at radius 2 is 1.91 bits per heavy atom. The van der Waals surface area contributed by atoms with Gasteiger partial charge in [-0.05, 0) is 36.1 Å². The van der Waals surface area contributed by atoms with Crippen molar-refractivity contribution in [1.82, 2.24) is 30.1 Å². The molecular formula is C26H21N7S. The van der Waals surface area contributed by atoms with Crippen LogP contribution < -0.4 is 5.32 Å². The van der Waals surface area contributed by atoms with Crippen LogP contribution in [0.15, 0.2) is 79.0 Å². The lowest BCUT2D eigenvalue weighted by molar-refractivity contribution is 1.10. The Hall–Kier alpha value is -4.30. The van der Waals surface area contributed by atoms with E-state index >= 15 is 0 Å². The van der Waals surface area contributed by atoms with E-state index in [0.29, 0.717) is 5.65 Å². The SMILES string of the molecule is C=C(CC)Nc1cncc(-c2cnc3n[nH]c(-c4cc5c(-c6cccs6)cncc5[nH]4)c3c2)c1. The molecule has 7 nitrogen and oxygen atoms in total. The molecule has 0 saturated carbocycles. The normalized spacial score (nSPS) is 11.3. The predicted octanol–water partition coefficient (Wildman–Crippen LogP) is 6.63. The van der Waals surface area contributed by atoms with Crippen LogP contribution in [0.4, 0.5) is 5.69 Å². The number of nitrogens with one attached hydrogen (secondary N) is 3. The Morgan fingerprint density at radius 1 is 1.03 bits per heavy atom. The Kier molecular flexibility index (Phi) is 4.92. The summed E-state index contributed by atoms with van der Waals surface area (Å²) < 4.78 is 0. The average molecular weight is 464 g/mol. The highest BCUT2D eigenvalue weighted by molar-refractivity contribution is 7.13. The van der Waals surface area contributed by atoms with Gasteiger partial charge in [0.15, 0.2) is 5.65 Å². The topological polar surface area (TPSA) is 95.2 Å². The molecule has 0 unspecified atom stereocenters. The Balaban J connectivity index is 1.43. The van der Waals surface area contributed by atoms with Crippen LogP contribution in [-0.2, 0) is 0 Å². The molecule has 0 aromatic carbocycles. The second kappa shape index (κ2) is 8.24. The summed E-state index contributed by atoms with van der Waals surface area (Å²) in [6, 6.07) is 10.5. The third kappa shape index (κ3) is 3.54. The zero-order valence-corrected chi connectivity index (χ0v) is 19.3. The molecule has 0 radical (unpaired) electrons. The largest absolute Gasteiger partial charge is 0.358 e. The van der Waals surface area contributed by atoms with Gasteiger partial charge in [0.05, 0.1) is 35.0 Å². The van der Waals surface area contributed by atoms with Gasteiger partial charge in [0.25, 0.3) is 0 Å². The first-order chi connectivity index (χ1) is 16.7. The average Bonchev–Trinajstić information content (AvgIpc) is 3.62. The fourth-order valence-corrected chi connectivity index (χ4v) is 4.79. The Morgan fingerprint density at radius 3 is 2.76 bits per heavy atom. The van der Waals surface area contributed by atoms with Crippen molar-refractivity contribution < 1.29 is 0 Å². The van der Waals surface area contributed by atoms with Crippen LogP contribution in [0.2, 0.25) is 0 Å². The van der Waals surface area contributed by atoms with E-state index in [1.165, 1.54) is 4.88 Å². The predicted molar refractivity (Wildman–Crippen MR) is 139 cm³/mol. The maximum atomic E-state index is 4.59. The van der Waals surface area contributed by atoms with E-state index in [1.54, 1.807) is 17.5 Å². The van der Waals surface area contributed by atoms with E-state index in [-0.39, 0.29) is 0 Å². The van der Waals surface area contributed by atoms with Gasteiger partial charge >= 0.3 is 0 Å². The fourth-order valence-electron chi connectivity index (χ4n) is 4.04. The van der Waals surface area contributed by atoms with Crippen LogP contribution in [0.3, 0.4) is 0 Å². The zero-order chi connectivity index (χ0) is 23.1. The van der Waals surface area contributed by atoms with Crippen molar-refractivity contribution in [2.45, 2.75) is 13.3 Å². The van der Waals surface area contributed by atoms with Gasteiger partial charge in [0.2, 0.25) is 0 Å². The number of thiophene rings is 1. The molecule has 0 spiro atoms. The molecule has 0 bridgehead atoms. The standard InChI is InChI=1S/C26H21N7S/c1-3-15(2)30-18-7-16(10-27-12-18)17-8-20-25(32-33-26(20)29-11-17)22-9-19-21(24-5-4-6-34-24)13-28-14-23(19)31-22/h4-14,30-31H,2-3H2,1H3,(H,29,32,33). The number of fused-ring (bicyclic) bond motifs is 2. The number of anilines is 1. The molecule has 0 saturated heterocycles. The number of aromatic nitrogens is 6. The van der Waals surface area contributed by atoms with Crippen LogP contribution in [0.25, 0.3) is 54.9 Å². The number of hydrogen-bond acceptors (Lipinski definition) is 6. The molecule has 3 N–H and O–H groups in total. The number of pyridine rings is 3. The number of allylic oxidation sites excluding steroid dienone is 1. The molecule has 0 aliphatic rings. The minimum absolute atomic E-state index is 0.663. The molecule has 0 aliphatic carbocycles. The lowest BCUT2D eigenvalue weighted by Gasteiger charge is -2.09. The second-order valence-electron chi connectivity index (χ2n) is 8.05. The van der Waals surface area contributed by atoms with Crippen molar-refractivity contribution in [3.8, 4) is 33.0 Å². The summed E-state index contributed by atoms with van der Waals surface area (Å²) in [6.45, 7) is 6.08. The van der Waals surface area contributed by atoms with Gasteiger partial charge < -0.3 is 10.3 Å². The number of H-pyrrole nitrogens is 2. The Labute approximate surface area is 199 Å². The summed E-state index contributed by atoms with van der Waals surface area (Å²) in [5, 5.41) is 15.0. The summed E-state index contributed by atoms with van der Waals surface area (Å²) in [5.41, 5.74) is 8.36. The number of aromatic amines is 2. The second-order valence-corrected chi connectivity index (χ2v) is 8.99. The van der Waals surface area contributed by atoms with E-state index in [2.05, 4.69) is 84.7 Å². The maximum absolute atomic E-state index is 4.59. The first-order valence-electron chi connectivity index (χ1n) is 10.9. The Bertz CT molecular complexity index is 1640. The molecule has 6 heterocycles. The molecular weight excluding hydrogens is 442 g/mol. The van der Waals surface area contributed by atoms with Crippen LogP contribution in [-0.4, -0.2) is 30.1 Å². The molecule has 6 rings (SSSR count). The number of hydrogen-bond donors (Lipinski definition) is 3. The van der Waals surface area contributed by atoms with Gasteiger partial charge in [-0.1, -0.05) is 19.6 Å². The van der Waals surface area contributed by atoms with Crippen molar-refractivity contribution in [1.29, 1.82) is 0 Å². The fraction of sp³-hybridized carbons (Fsp3) is 0.0769.